The highest BCUT2D eigenvalue weighted by atomic mass is 15.0. The lowest BCUT2D eigenvalue weighted by Crippen LogP contribution is -2.28. The van der Waals surface area contributed by atoms with Gasteiger partial charge in [0, 0.05) is 29.1 Å². The zero-order chi connectivity index (χ0) is 41.8. The number of benzene rings is 8. The van der Waals surface area contributed by atoms with Gasteiger partial charge in [-0.25, -0.2) is 15.0 Å². The van der Waals surface area contributed by atoms with Crippen LogP contribution in [0.2, 0.25) is 0 Å². The number of aromatic nitrogens is 4. The third-order valence-corrected chi connectivity index (χ3v) is 12.8. The highest BCUT2D eigenvalue weighted by Crippen LogP contribution is 2.56. The number of nitrogens with zero attached hydrogens (tertiary/aromatic N) is 4. The predicted molar refractivity (Wildman–Crippen MR) is 254 cm³/mol. The van der Waals surface area contributed by atoms with Crippen LogP contribution in [0.1, 0.15) is 39.2 Å². The topological polar surface area (TPSA) is 51.6 Å². The summed E-state index contributed by atoms with van der Waals surface area (Å²) >= 11 is 0. The molecule has 4 nitrogen and oxygen atoms in total. The number of hydrogen-bond donors (Lipinski definition) is 0. The van der Waals surface area contributed by atoms with E-state index in [0.29, 0.717) is 17.5 Å². The molecular formula is C58H42N4. The average molecular weight is 795 g/mol. The van der Waals surface area contributed by atoms with Crippen molar-refractivity contribution in [3.8, 4) is 67.3 Å². The summed E-state index contributed by atoms with van der Waals surface area (Å²) in [5, 5.41) is 2.28. The number of fused-ring (bicyclic) bond motifs is 4. The summed E-state index contributed by atoms with van der Waals surface area (Å²) in [4.78, 5) is 19.4. The first kappa shape index (κ1) is 37.2. The van der Waals surface area contributed by atoms with Gasteiger partial charge in [0.15, 0.2) is 11.6 Å². The summed E-state index contributed by atoms with van der Waals surface area (Å²) in [5.41, 5.74) is 18.2. The largest absolute Gasteiger partial charge is 0.264 e. The van der Waals surface area contributed by atoms with Gasteiger partial charge in [-0.1, -0.05) is 176 Å². The molecule has 10 aromatic rings. The molecule has 0 bridgehead atoms. The van der Waals surface area contributed by atoms with Crippen LogP contribution >= 0.6 is 0 Å². The number of hydrogen-bond acceptors (Lipinski definition) is 4. The Hall–Kier alpha value is -7.82. The molecule has 0 aliphatic heterocycles. The van der Waals surface area contributed by atoms with E-state index in [1.165, 1.54) is 77.9 Å². The molecule has 0 fully saturated rings. The predicted octanol–water partition coefficient (Wildman–Crippen LogP) is 14.0. The smallest absolute Gasteiger partial charge is 0.164 e. The highest BCUT2D eigenvalue weighted by molar-refractivity contribution is 5.95. The standard InChI is InChI=1S/C58H42N4/c1-37-35-59-36-53(38(37)2)43-25-23-40(24-26-43)44-15-11-16-45(33-44)41-27-30-48(31-28-41)58(47-17-5-4-6-18-47)54-22-10-9-20-50(54)51-32-29-46(34-55(51)58)56-60-39(3)61-57(62-56)52-21-12-14-42-13-7-8-19-49(42)52/h4-36H,1-3H3. The van der Waals surface area contributed by atoms with Crippen LogP contribution in [-0.4, -0.2) is 19.9 Å². The molecule has 1 atom stereocenters. The normalized spacial score (nSPS) is 14.1. The van der Waals surface area contributed by atoms with E-state index >= 15 is 0 Å². The second-order valence-corrected chi connectivity index (χ2v) is 16.3. The molecule has 2 aromatic heterocycles. The van der Waals surface area contributed by atoms with Crippen molar-refractivity contribution in [2.75, 3.05) is 0 Å². The minimum Gasteiger partial charge on any atom is -0.264 e. The van der Waals surface area contributed by atoms with Gasteiger partial charge in [-0.3, -0.25) is 4.98 Å². The molecule has 62 heavy (non-hydrogen) atoms. The summed E-state index contributed by atoms with van der Waals surface area (Å²) < 4.78 is 0. The fourth-order valence-corrected chi connectivity index (χ4v) is 9.60. The van der Waals surface area contributed by atoms with Gasteiger partial charge in [0.2, 0.25) is 0 Å². The summed E-state index contributed by atoms with van der Waals surface area (Å²) in [7, 11) is 0. The molecule has 4 heteroatoms. The molecule has 1 aliphatic carbocycles. The Morgan fingerprint density at radius 1 is 0.371 bits per heavy atom. The second kappa shape index (κ2) is 15.0. The van der Waals surface area contributed by atoms with E-state index in [-0.39, 0.29) is 0 Å². The minimum atomic E-state index is -0.586. The van der Waals surface area contributed by atoms with E-state index in [2.05, 4.69) is 207 Å². The Balaban J connectivity index is 1.01. The van der Waals surface area contributed by atoms with Crippen LogP contribution in [0.3, 0.4) is 0 Å². The lowest BCUT2D eigenvalue weighted by Gasteiger charge is -2.34. The Morgan fingerprint density at radius 2 is 0.968 bits per heavy atom. The quantitative estimate of drug-likeness (QED) is 0.161. The van der Waals surface area contributed by atoms with Crippen LogP contribution in [0.25, 0.3) is 78.1 Å². The Bertz CT molecular complexity index is 3310. The molecule has 0 amide bonds. The van der Waals surface area contributed by atoms with E-state index in [1.807, 2.05) is 19.3 Å². The molecule has 11 rings (SSSR count). The molecular weight excluding hydrogens is 753 g/mol. The first-order chi connectivity index (χ1) is 30.5. The maximum atomic E-state index is 5.17. The van der Waals surface area contributed by atoms with Crippen molar-refractivity contribution in [2.24, 2.45) is 0 Å². The molecule has 294 valence electrons. The van der Waals surface area contributed by atoms with Crippen molar-refractivity contribution in [1.82, 2.24) is 19.9 Å². The van der Waals surface area contributed by atoms with E-state index in [1.54, 1.807) is 0 Å². The average Bonchev–Trinajstić information content (AvgIpc) is 3.63. The van der Waals surface area contributed by atoms with E-state index in [9.17, 15) is 0 Å². The van der Waals surface area contributed by atoms with Gasteiger partial charge in [-0.05, 0) is 116 Å². The maximum absolute atomic E-state index is 5.17. The summed E-state index contributed by atoms with van der Waals surface area (Å²) in [5.74, 6) is 2.02. The van der Waals surface area contributed by atoms with Gasteiger partial charge < -0.3 is 0 Å². The van der Waals surface area contributed by atoms with Crippen molar-refractivity contribution in [1.29, 1.82) is 0 Å². The van der Waals surface area contributed by atoms with Gasteiger partial charge in [0.25, 0.3) is 0 Å². The molecule has 0 N–H and O–H groups in total. The van der Waals surface area contributed by atoms with Crippen molar-refractivity contribution >= 4 is 10.8 Å². The molecule has 0 saturated heterocycles. The van der Waals surface area contributed by atoms with Crippen LogP contribution in [0.15, 0.2) is 200 Å². The molecule has 2 heterocycles. The zero-order valence-electron chi connectivity index (χ0n) is 34.8. The summed E-state index contributed by atoms with van der Waals surface area (Å²) in [6, 6.07) is 68.2. The van der Waals surface area contributed by atoms with E-state index in [4.69, 9.17) is 15.0 Å². The van der Waals surface area contributed by atoms with Crippen molar-refractivity contribution in [3.63, 3.8) is 0 Å². The third kappa shape index (κ3) is 6.14. The third-order valence-electron chi connectivity index (χ3n) is 12.8. The Labute approximate surface area is 362 Å². The van der Waals surface area contributed by atoms with Crippen molar-refractivity contribution in [3.05, 3.63) is 240 Å². The lowest BCUT2D eigenvalue weighted by molar-refractivity contribution is 0.768. The van der Waals surface area contributed by atoms with E-state index in [0.717, 1.165) is 21.9 Å². The molecule has 8 aromatic carbocycles. The van der Waals surface area contributed by atoms with Gasteiger partial charge in [0.05, 0.1) is 5.41 Å². The summed E-state index contributed by atoms with van der Waals surface area (Å²) in [6.45, 7) is 6.23. The highest BCUT2D eigenvalue weighted by Gasteiger charge is 2.46. The molecule has 0 radical (unpaired) electrons. The Morgan fingerprint density at radius 3 is 1.77 bits per heavy atom. The molecule has 0 spiro atoms. The molecule has 0 saturated carbocycles. The van der Waals surface area contributed by atoms with Crippen LogP contribution in [0.5, 0.6) is 0 Å². The molecule has 1 unspecified atom stereocenters. The van der Waals surface area contributed by atoms with Gasteiger partial charge in [-0.15, -0.1) is 0 Å². The fourth-order valence-electron chi connectivity index (χ4n) is 9.60. The van der Waals surface area contributed by atoms with Crippen LogP contribution in [-0.2, 0) is 5.41 Å². The first-order valence-corrected chi connectivity index (χ1v) is 21.2. The summed E-state index contributed by atoms with van der Waals surface area (Å²) in [6.07, 6.45) is 3.89. The van der Waals surface area contributed by atoms with Gasteiger partial charge in [0.1, 0.15) is 5.82 Å². The number of aryl methyl sites for hydroxylation is 2. The fraction of sp³-hybridized carbons (Fsp3) is 0.0690. The SMILES string of the molecule is Cc1nc(-c2ccc3c(c2)C(c2ccccc2)(c2ccc(-c4cccc(-c5ccc(-c6cncc(C)c6C)cc5)c4)cc2)c2ccccc2-3)nc(-c2cccc3ccccc23)n1. The van der Waals surface area contributed by atoms with Crippen LogP contribution < -0.4 is 0 Å². The van der Waals surface area contributed by atoms with Gasteiger partial charge in [-0.2, -0.15) is 0 Å². The number of pyridine rings is 1. The van der Waals surface area contributed by atoms with E-state index < -0.39 is 5.41 Å². The van der Waals surface area contributed by atoms with Crippen molar-refractivity contribution < 1.29 is 0 Å². The maximum Gasteiger partial charge on any atom is 0.164 e. The van der Waals surface area contributed by atoms with Crippen LogP contribution in [0.4, 0.5) is 0 Å². The first-order valence-electron chi connectivity index (χ1n) is 21.2. The lowest BCUT2D eigenvalue weighted by atomic mass is 9.67. The van der Waals surface area contributed by atoms with Crippen molar-refractivity contribution in [2.45, 2.75) is 26.2 Å². The minimum absolute atomic E-state index is 0.586. The van der Waals surface area contributed by atoms with Crippen LogP contribution in [0, 0.1) is 20.8 Å². The zero-order valence-corrected chi connectivity index (χ0v) is 34.8. The number of rotatable bonds is 7. The monoisotopic (exact) mass is 794 g/mol. The Kier molecular flexibility index (Phi) is 9.01. The van der Waals surface area contributed by atoms with Gasteiger partial charge >= 0.3 is 0 Å². The second-order valence-electron chi connectivity index (χ2n) is 16.3. The molecule has 1 aliphatic rings.